The molecule has 0 aliphatic heterocycles. The van der Waals surface area contributed by atoms with Gasteiger partial charge >= 0.3 is 0 Å². The Morgan fingerprint density at radius 1 is 0.906 bits per heavy atom. The third kappa shape index (κ3) is 4.51. The summed E-state index contributed by atoms with van der Waals surface area (Å²) in [7, 11) is 0. The van der Waals surface area contributed by atoms with Gasteiger partial charge in [0.2, 0.25) is 5.88 Å². The molecule has 0 aliphatic rings. The number of aryl methyl sites for hydroxylation is 4. The Morgan fingerprint density at radius 3 is 2.31 bits per heavy atom. The van der Waals surface area contributed by atoms with Gasteiger partial charge in [0.1, 0.15) is 23.7 Å². The van der Waals surface area contributed by atoms with Crippen LogP contribution in [0.25, 0.3) is 5.82 Å². The number of aromatic nitrogens is 4. The van der Waals surface area contributed by atoms with Gasteiger partial charge < -0.3 is 10.1 Å². The number of imidazole rings is 1. The topological polar surface area (TPSA) is 81.9 Å². The monoisotopic (exact) mass is 427 g/mol. The summed E-state index contributed by atoms with van der Waals surface area (Å²) in [6, 6.07) is 14.6. The van der Waals surface area contributed by atoms with Crippen LogP contribution in [0.15, 0.2) is 54.9 Å². The van der Waals surface area contributed by atoms with E-state index < -0.39 is 0 Å². The van der Waals surface area contributed by atoms with Gasteiger partial charge in [0, 0.05) is 23.0 Å². The van der Waals surface area contributed by atoms with Crippen LogP contribution in [0.3, 0.4) is 0 Å². The zero-order chi connectivity index (χ0) is 22.8. The second-order valence-corrected chi connectivity index (χ2v) is 7.78. The lowest BCUT2D eigenvalue weighted by molar-refractivity contribution is 0.102. The highest BCUT2D eigenvalue weighted by Crippen LogP contribution is 2.24. The maximum atomic E-state index is 12.5. The predicted octanol–water partition coefficient (Wildman–Crippen LogP) is 5.25. The zero-order valence-electron chi connectivity index (χ0n) is 18.8. The van der Waals surface area contributed by atoms with E-state index in [4.69, 9.17) is 4.74 Å². The molecule has 0 spiro atoms. The minimum absolute atomic E-state index is 0.149. The van der Waals surface area contributed by atoms with Crippen molar-refractivity contribution in [2.24, 2.45) is 0 Å². The number of rotatable bonds is 5. The molecule has 2 aromatic carbocycles. The van der Waals surface area contributed by atoms with E-state index in [9.17, 15) is 4.79 Å². The van der Waals surface area contributed by atoms with Crippen LogP contribution in [0.4, 0.5) is 5.69 Å². The van der Waals surface area contributed by atoms with E-state index >= 15 is 0 Å². The number of anilines is 1. The molecule has 162 valence electrons. The summed E-state index contributed by atoms with van der Waals surface area (Å²) in [5.74, 6) is 2.19. The molecule has 7 heteroatoms. The van der Waals surface area contributed by atoms with Gasteiger partial charge in [-0.15, -0.1) is 0 Å². The van der Waals surface area contributed by atoms with Crippen LogP contribution in [0.5, 0.6) is 11.6 Å². The van der Waals surface area contributed by atoms with Crippen molar-refractivity contribution in [3.05, 3.63) is 88.8 Å². The maximum Gasteiger partial charge on any atom is 0.255 e. The summed E-state index contributed by atoms with van der Waals surface area (Å²) in [5.41, 5.74) is 5.51. The van der Waals surface area contributed by atoms with E-state index in [1.165, 1.54) is 0 Å². The molecule has 0 atom stereocenters. The molecule has 0 fully saturated rings. The highest BCUT2D eigenvalue weighted by Gasteiger charge is 2.11. The van der Waals surface area contributed by atoms with Gasteiger partial charge in [-0.1, -0.05) is 6.07 Å². The van der Waals surface area contributed by atoms with Crippen LogP contribution < -0.4 is 10.1 Å². The van der Waals surface area contributed by atoms with Gasteiger partial charge in [-0.3, -0.25) is 9.36 Å². The van der Waals surface area contributed by atoms with Gasteiger partial charge in [-0.2, -0.15) is 4.98 Å². The van der Waals surface area contributed by atoms with Gasteiger partial charge in [0.15, 0.2) is 0 Å². The maximum absolute atomic E-state index is 12.5. The number of nitrogens with zero attached hydrogens (tertiary/aromatic N) is 4. The molecule has 4 rings (SSSR count). The van der Waals surface area contributed by atoms with Crippen molar-refractivity contribution in [2.45, 2.75) is 34.6 Å². The summed E-state index contributed by atoms with van der Waals surface area (Å²) in [6.45, 7) is 9.78. The SMILES string of the molecule is Cc1nc(Oc2ccc(NC(=O)c3ccc(C)c(C)c3)cc2)cc(-n2cnc(C)c2C)n1. The summed E-state index contributed by atoms with van der Waals surface area (Å²) in [6.07, 6.45) is 1.74. The summed E-state index contributed by atoms with van der Waals surface area (Å²) >= 11 is 0. The van der Waals surface area contributed by atoms with E-state index in [2.05, 4.69) is 20.3 Å². The van der Waals surface area contributed by atoms with E-state index in [0.29, 0.717) is 34.5 Å². The predicted molar refractivity (Wildman–Crippen MR) is 124 cm³/mol. The number of carbonyl (C=O) groups excluding carboxylic acids is 1. The minimum Gasteiger partial charge on any atom is -0.439 e. The largest absolute Gasteiger partial charge is 0.439 e. The third-order valence-electron chi connectivity index (χ3n) is 5.40. The van der Waals surface area contributed by atoms with E-state index in [0.717, 1.165) is 22.5 Å². The Bertz CT molecular complexity index is 1290. The normalized spacial score (nSPS) is 10.8. The van der Waals surface area contributed by atoms with Crippen LogP contribution in [-0.2, 0) is 0 Å². The number of benzene rings is 2. The number of nitrogens with one attached hydrogen (secondary N) is 1. The Kier molecular flexibility index (Phi) is 5.73. The summed E-state index contributed by atoms with van der Waals surface area (Å²) in [5, 5.41) is 2.91. The highest BCUT2D eigenvalue weighted by molar-refractivity contribution is 6.04. The lowest BCUT2D eigenvalue weighted by Gasteiger charge is -2.11. The van der Waals surface area contributed by atoms with Crippen LogP contribution >= 0.6 is 0 Å². The molecule has 0 saturated carbocycles. The van der Waals surface area contributed by atoms with Crippen molar-refractivity contribution in [1.29, 1.82) is 0 Å². The first-order chi connectivity index (χ1) is 15.3. The van der Waals surface area contributed by atoms with E-state index in [1.807, 2.05) is 57.4 Å². The fourth-order valence-corrected chi connectivity index (χ4v) is 3.24. The third-order valence-corrected chi connectivity index (χ3v) is 5.40. The minimum atomic E-state index is -0.149. The molecule has 32 heavy (non-hydrogen) atoms. The Labute approximate surface area is 187 Å². The number of amides is 1. The standard InChI is InChI=1S/C25H25N5O2/c1-15-6-7-20(12-16(15)2)25(31)29-21-8-10-22(11-9-21)32-24-13-23(27-19(5)28-24)30-14-26-17(3)18(30)4/h6-14H,1-5H3,(H,29,31). The lowest BCUT2D eigenvalue weighted by atomic mass is 10.1. The summed E-state index contributed by atoms with van der Waals surface area (Å²) < 4.78 is 7.85. The van der Waals surface area contributed by atoms with Gasteiger partial charge in [-0.25, -0.2) is 9.97 Å². The molecule has 0 saturated heterocycles. The van der Waals surface area contributed by atoms with Crippen molar-refractivity contribution in [1.82, 2.24) is 19.5 Å². The van der Waals surface area contributed by atoms with Gasteiger partial charge in [0.05, 0.1) is 5.69 Å². The van der Waals surface area contributed by atoms with Crippen LogP contribution in [0.2, 0.25) is 0 Å². The van der Waals surface area contributed by atoms with E-state index in [1.54, 1.807) is 36.7 Å². The number of carbonyl (C=O) groups is 1. The summed E-state index contributed by atoms with van der Waals surface area (Å²) in [4.78, 5) is 25.7. The average molecular weight is 428 g/mol. The molecule has 1 amide bonds. The van der Waals surface area contributed by atoms with E-state index in [-0.39, 0.29) is 5.91 Å². The smallest absolute Gasteiger partial charge is 0.255 e. The Hall–Kier alpha value is -4.00. The van der Waals surface area contributed by atoms with Gasteiger partial charge in [0.25, 0.3) is 5.91 Å². The number of hydrogen-bond acceptors (Lipinski definition) is 5. The highest BCUT2D eigenvalue weighted by atomic mass is 16.5. The molecule has 2 aromatic heterocycles. The van der Waals surface area contributed by atoms with Crippen molar-refractivity contribution in [3.63, 3.8) is 0 Å². The second-order valence-electron chi connectivity index (χ2n) is 7.78. The molecule has 4 aromatic rings. The van der Waals surface area contributed by atoms with Gasteiger partial charge in [-0.05, 0) is 82.1 Å². The average Bonchev–Trinajstić information content (AvgIpc) is 3.09. The first kappa shape index (κ1) is 21.2. The second kappa shape index (κ2) is 8.63. The van der Waals surface area contributed by atoms with Crippen molar-refractivity contribution in [2.75, 3.05) is 5.32 Å². The molecule has 0 radical (unpaired) electrons. The quantitative estimate of drug-likeness (QED) is 0.470. The molecule has 0 unspecified atom stereocenters. The molecule has 1 N–H and O–H groups in total. The fraction of sp³-hybridized carbons (Fsp3) is 0.200. The van der Waals surface area contributed by atoms with Crippen molar-refractivity contribution < 1.29 is 9.53 Å². The van der Waals surface area contributed by atoms with Crippen molar-refractivity contribution >= 4 is 11.6 Å². The lowest BCUT2D eigenvalue weighted by Crippen LogP contribution is -2.12. The van der Waals surface area contributed by atoms with Crippen LogP contribution in [0.1, 0.15) is 38.7 Å². The molecular weight excluding hydrogens is 402 g/mol. The number of hydrogen-bond donors (Lipinski definition) is 1. The Morgan fingerprint density at radius 2 is 1.66 bits per heavy atom. The molecule has 0 bridgehead atoms. The molecule has 0 aliphatic carbocycles. The van der Waals surface area contributed by atoms with Crippen LogP contribution in [0, 0.1) is 34.6 Å². The first-order valence-corrected chi connectivity index (χ1v) is 10.3. The number of ether oxygens (including phenoxy) is 1. The molecule has 7 nitrogen and oxygen atoms in total. The van der Waals surface area contributed by atoms with Crippen molar-refractivity contribution in [3.8, 4) is 17.4 Å². The van der Waals surface area contributed by atoms with Crippen LogP contribution in [-0.4, -0.2) is 25.4 Å². The fourth-order valence-electron chi connectivity index (χ4n) is 3.24. The zero-order valence-corrected chi connectivity index (χ0v) is 18.8. The Balaban J connectivity index is 1.48. The molecular formula is C25H25N5O2. The first-order valence-electron chi connectivity index (χ1n) is 10.3. The molecule has 2 heterocycles.